The molecular formula is C13H21FN2. The highest BCUT2D eigenvalue weighted by molar-refractivity contribution is 5.53. The molecule has 2 nitrogen and oxygen atoms in total. The van der Waals surface area contributed by atoms with Gasteiger partial charge in [0.05, 0.1) is 0 Å². The molecule has 2 N–H and O–H groups in total. The van der Waals surface area contributed by atoms with Gasteiger partial charge in [-0.15, -0.1) is 0 Å². The summed E-state index contributed by atoms with van der Waals surface area (Å²) in [5, 5.41) is 0. The predicted molar refractivity (Wildman–Crippen MR) is 67.3 cm³/mol. The Morgan fingerprint density at radius 1 is 1.31 bits per heavy atom. The van der Waals surface area contributed by atoms with Gasteiger partial charge in [-0.05, 0) is 36.1 Å². The number of hydrogen-bond donors (Lipinski definition) is 1. The molecule has 0 amide bonds. The highest BCUT2D eigenvalue weighted by Gasteiger charge is 2.19. The molecule has 1 aromatic rings. The lowest BCUT2D eigenvalue weighted by atomic mass is 9.85. The number of rotatable bonds is 4. The van der Waals surface area contributed by atoms with Gasteiger partial charge in [0.2, 0.25) is 0 Å². The molecular weight excluding hydrogens is 203 g/mol. The van der Waals surface area contributed by atoms with Crippen LogP contribution in [0.3, 0.4) is 0 Å². The molecule has 0 fully saturated rings. The van der Waals surface area contributed by atoms with Crippen molar-refractivity contribution in [1.82, 2.24) is 0 Å². The van der Waals surface area contributed by atoms with Crippen molar-refractivity contribution in [3.63, 3.8) is 0 Å². The zero-order chi connectivity index (χ0) is 12.3. The van der Waals surface area contributed by atoms with Crippen molar-refractivity contribution in [3.05, 3.63) is 29.6 Å². The fourth-order valence-electron chi connectivity index (χ4n) is 1.69. The molecule has 0 unspecified atom stereocenters. The third-order valence-electron chi connectivity index (χ3n) is 2.75. The summed E-state index contributed by atoms with van der Waals surface area (Å²) < 4.78 is 13.2. The quantitative estimate of drug-likeness (QED) is 0.851. The number of anilines is 1. The summed E-state index contributed by atoms with van der Waals surface area (Å²) in [7, 11) is 3.85. The van der Waals surface area contributed by atoms with E-state index in [-0.39, 0.29) is 11.2 Å². The van der Waals surface area contributed by atoms with Gasteiger partial charge >= 0.3 is 0 Å². The van der Waals surface area contributed by atoms with Gasteiger partial charge in [-0.25, -0.2) is 4.39 Å². The molecule has 1 aromatic carbocycles. The minimum atomic E-state index is -0.196. The largest absolute Gasteiger partial charge is 0.377 e. The molecule has 0 saturated carbocycles. The van der Waals surface area contributed by atoms with E-state index in [1.165, 1.54) is 6.07 Å². The Morgan fingerprint density at radius 3 is 2.44 bits per heavy atom. The maximum Gasteiger partial charge on any atom is 0.125 e. The van der Waals surface area contributed by atoms with E-state index in [0.717, 1.165) is 17.7 Å². The van der Waals surface area contributed by atoms with Gasteiger partial charge in [0, 0.05) is 19.8 Å². The molecule has 0 aromatic heterocycles. The molecule has 0 aliphatic carbocycles. The standard InChI is InChI=1S/C13H21FN2/c1-13(2,9-15)8-10-5-6-11(14)7-12(10)16(3)4/h5-7H,8-9,15H2,1-4H3. The summed E-state index contributed by atoms with van der Waals surface area (Å²) >= 11 is 0. The second-order valence-corrected chi connectivity index (χ2v) is 5.21. The normalized spacial score (nSPS) is 11.6. The molecule has 0 aliphatic rings. The van der Waals surface area contributed by atoms with Crippen LogP contribution in [0.2, 0.25) is 0 Å². The van der Waals surface area contributed by atoms with E-state index >= 15 is 0 Å². The Morgan fingerprint density at radius 2 is 1.94 bits per heavy atom. The molecule has 0 atom stereocenters. The van der Waals surface area contributed by atoms with E-state index in [1.54, 1.807) is 6.07 Å². The van der Waals surface area contributed by atoms with Crippen LogP contribution in [-0.4, -0.2) is 20.6 Å². The van der Waals surface area contributed by atoms with Crippen LogP contribution in [0.4, 0.5) is 10.1 Å². The first-order valence-electron chi connectivity index (χ1n) is 5.51. The summed E-state index contributed by atoms with van der Waals surface area (Å²) in [4.78, 5) is 1.94. The van der Waals surface area contributed by atoms with Crippen LogP contribution in [0, 0.1) is 11.2 Å². The Kier molecular flexibility index (Phi) is 3.92. The number of benzene rings is 1. The van der Waals surface area contributed by atoms with Gasteiger partial charge in [-0.1, -0.05) is 19.9 Å². The topological polar surface area (TPSA) is 29.3 Å². The van der Waals surface area contributed by atoms with E-state index in [1.807, 2.05) is 25.1 Å². The third kappa shape index (κ3) is 3.20. The smallest absolute Gasteiger partial charge is 0.125 e. The van der Waals surface area contributed by atoms with E-state index in [2.05, 4.69) is 13.8 Å². The Bertz CT molecular complexity index is 359. The van der Waals surface area contributed by atoms with E-state index < -0.39 is 0 Å². The molecule has 0 spiro atoms. The van der Waals surface area contributed by atoms with Gasteiger partial charge in [0.1, 0.15) is 5.82 Å². The van der Waals surface area contributed by atoms with Gasteiger partial charge in [-0.2, -0.15) is 0 Å². The van der Waals surface area contributed by atoms with Crippen LogP contribution >= 0.6 is 0 Å². The van der Waals surface area contributed by atoms with E-state index in [0.29, 0.717) is 6.54 Å². The van der Waals surface area contributed by atoms with Gasteiger partial charge in [-0.3, -0.25) is 0 Å². The van der Waals surface area contributed by atoms with Gasteiger partial charge in [0.25, 0.3) is 0 Å². The predicted octanol–water partition coefficient (Wildman–Crippen LogP) is 2.42. The zero-order valence-electron chi connectivity index (χ0n) is 10.5. The molecule has 0 saturated heterocycles. The first-order valence-corrected chi connectivity index (χ1v) is 5.51. The first kappa shape index (κ1) is 13.0. The molecule has 1 rings (SSSR count). The van der Waals surface area contributed by atoms with E-state index in [9.17, 15) is 4.39 Å². The Labute approximate surface area is 97.3 Å². The number of nitrogens with zero attached hydrogens (tertiary/aromatic N) is 1. The minimum Gasteiger partial charge on any atom is -0.377 e. The zero-order valence-corrected chi connectivity index (χ0v) is 10.5. The SMILES string of the molecule is CN(C)c1cc(F)ccc1CC(C)(C)CN. The number of nitrogens with two attached hydrogens (primary N) is 1. The summed E-state index contributed by atoms with van der Waals surface area (Å²) in [6, 6.07) is 4.93. The second kappa shape index (κ2) is 4.83. The van der Waals surface area contributed by atoms with Crippen molar-refractivity contribution in [2.24, 2.45) is 11.1 Å². The monoisotopic (exact) mass is 224 g/mol. The molecule has 0 aliphatic heterocycles. The first-order chi connectivity index (χ1) is 7.35. The Hall–Kier alpha value is -1.09. The highest BCUT2D eigenvalue weighted by Crippen LogP contribution is 2.27. The van der Waals surface area contributed by atoms with Crippen LogP contribution in [-0.2, 0) is 6.42 Å². The lowest BCUT2D eigenvalue weighted by Gasteiger charge is -2.26. The lowest BCUT2D eigenvalue weighted by Crippen LogP contribution is -2.27. The summed E-state index contributed by atoms with van der Waals surface area (Å²) in [5.74, 6) is -0.196. The number of halogens is 1. The van der Waals surface area contributed by atoms with Crippen molar-refractivity contribution >= 4 is 5.69 Å². The van der Waals surface area contributed by atoms with Crippen LogP contribution in [0.25, 0.3) is 0 Å². The molecule has 16 heavy (non-hydrogen) atoms. The Balaban J connectivity index is 3.04. The highest BCUT2D eigenvalue weighted by atomic mass is 19.1. The van der Waals surface area contributed by atoms with Crippen molar-refractivity contribution in [3.8, 4) is 0 Å². The maximum absolute atomic E-state index is 13.2. The second-order valence-electron chi connectivity index (χ2n) is 5.21. The van der Waals surface area contributed by atoms with Crippen molar-refractivity contribution in [2.45, 2.75) is 20.3 Å². The van der Waals surface area contributed by atoms with Gasteiger partial charge < -0.3 is 10.6 Å². The van der Waals surface area contributed by atoms with Crippen LogP contribution in [0.1, 0.15) is 19.4 Å². The summed E-state index contributed by atoms with van der Waals surface area (Å²) in [6.07, 6.45) is 0.858. The fraction of sp³-hybridized carbons (Fsp3) is 0.538. The summed E-state index contributed by atoms with van der Waals surface area (Å²) in [5.41, 5.74) is 7.84. The van der Waals surface area contributed by atoms with Crippen molar-refractivity contribution < 1.29 is 4.39 Å². The maximum atomic E-state index is 13.2. The van der Waals surface area contributed by atoms with Crippen LogP contribution in [0.5, 0.6) is 0 Å². The number of hydrogen-bond acceptors (Lipinski definition) is 2. The van der Waals surface area contributed by atoms with Crippen molar-refractivity contribution in [1.29, 1.82) is 0 Å². The van der Waals surface area contributed by atoms with Crippen LogP contribution in [0.15, 0.2) is 18.2 Å². The molecule has 0 radical (unpaired) electrons. The molecule has 0 heterocycles. The van der Waals surface area contributed by atoms with Crippen LogP contribution < -0.4 is 10.6 Å². The lowest BCUT2D eigenvalue weighted by molar-refractivity contribution is 0.377. The third-order valence-corrected chi connectivity index (χ3v) is 2.75. The average molecular weight is 224 g/mol. The minimum absolute atomic E-state index is 0.0442. The van der Waals surface area contributed by atoms with E-state index in [4.69, 9.17) is 5.73 Å². The molecule has 0 bridgehead atoms. The average Bonchev–Trinajstić information content (AvgIpc) is 2.20. The summed E-state index contributed by atoms with van der Waals surface area (Å²) in [6.45, 7) is 4.86. The van der Waals surface area contributed by atoms with Gasteiger partial charge in [0.15, 0.2) is 0 Å². The molecule has 90 valence electrons. The van der Waals surface area contributed by atoms with Crippen molar-refractivity contribution in [2.75, 3.05) is 25.5 Å². The fourth-order valence-corrected chi connectivity index (χ4v) is 1.69. The molecule has 3 heteroatoms.